The second-order valence-corrected chi connectivity index (χ2v) is 7.69. The highest BCUT2D eigenvalue weighted by molar-refractivity contribution is 5.87. The zero-order chi connectivity index (χ0) is 22.1. The third-order valence-corrected chi connectivity index (χ3v) is 5.41. The van der Waals surface area contributed by atoms with Gasteiger partial charge in [-0.1, -0.05) is 24.3 Å². The molecule has 6 nitrogen and oxygen atoms in total. The number of halogens is 1. The summed E-state index contributed by atoms with van der Waals surface area (Å²) in [6, 6.07) is 18.7. The molecule has 5 aromatic rings. The Morgan fingerprint density at radius 1 is 1.03 bits per heavy atom. The summed E-state index contributed by atoms with van der Waals surface area (Å²) in [5.41, 5.74) is 6.28. The van der Waals surface area contributed by atoms with Crippen molar-refractivity contribution in [2.75, 3.05) is 5.32 Å². The lowest BCUT2D eigenvalue weighted by atomic mass is 10.1. The molecule has 0 bridgehead atoms. The molecule has 3 heterocycles. The maximum absolute atomic E-state index is 13.5. The van der Waals surface area contributed by atoms with Crippen molar-refractivity contribution >= 4 is 16.9 Å². The summed E-state index contributed by atoms with van der Waals surface area (Å²) in [6.07, 6.45) is 1.88. The van der Waals surface area contributed by atoms with E-state index in [1.54, 1.807) is 6.07 Å². The zero-order valence-electron chi connectivity index (χ0n) is 17.9. The molecule has 7 heteroatoms. The molecule has 0 unspecified atom stereocenters. The summed E-state index contributed by atoms with van der Waals surface area (Å²) in [5, 5.41) is 8.79. The highest BCUT2D eigenvalue weighted by Gasteiger charge is 2.16. The zero-order valence-corrected chi connectivity index (χ0v) is 17.9. The number of aromatic amines is 1. The van der Waals surface area contributed by atoms with Crippen molar-refractivity contribution in [3.63, 3.8) is 0 Å². The molecule has 0 spiro atoms. The maximum atomic E-state index is 13.5. The van der Waals surface area contributed by atoms with E-state index in [0.29, 0.717) is 12.5 Å². The van der Waals surface area contributed by atoms with Gasteiger partial charge in [0, 0.05) is 29.7 Å². The lowest BCUT2D eigenvalue weighted by molar-refractivity contribution is 0.626. The molecule has 0 fully saturated rings. The Balaban J connectivity index is 1.55. The van der Waals surface area contributed by atoms with Crippen molar-refractivity contribution in [3.8, 4) is 22.6 Å². The van der Waals surface area contributed by atoms with Crippen LogP contribution in [-0.2, 0) is 13.1 Å². The molecule has 32 heavy (non-hydrogen) atoms. The summed E-state index contributed by atoms with van der Waals surface area (Å²) in [6.45, 7) is 5.31. The van der Waals surface area contributed by atoms with E-state index in [1.807, 2.05) is 42.1 Å². The van der Waals surface area contributed by atoms with Crippen molar-refractivity contribution in [1.82, 2.24) is 24.7 Å². The Bertz CT molecular complexity index is 1400. The fourth-order valence-corrected chi connectivity index (χ4v) is 3.85. The predicted molar refractivity (Wildman–Crippen MR) is 125 cm³/mol. The number of benzene rings is 2. The van der Waals surface area contributed by atoms with Gasteiger partial charge in [-0.2, -0.15) is 5.10 Å². The van der Waals surface area contributed by atoms with E-state index >= 15 is 0 Å². The van der Waals surface area contributed by atoms with Crippen molar-refractivity contribution in [1.29, 1.82) is 0 Å². The molecule has 3 aromatic heterocycles. The van der Waals surface area contributed by atoms with Crippen LogP contribution in [0, 0.1) is 12.7 Å². The van der Waals surface area contributed by atoms with Gasteiger partial charge >= 0.3 is 0 Å². The van der Waals surface area contributed by atoms with Crippen LogP contribution in [0.2, 0.25) is 0 Å². The standard InChI is InChI=1S/C25H23FN6/c1-3-32-22-11-10-18(13-19(22)15-28-32)23-24(21-9-4-6-16(2)29-21)31-25(30-23)27-14-17-7-5-8-20(26)12-17/h4-13,15H,3,14H2,1-2H3,(H2,27,30,31). The van der Waals surface area contributed by atoms with Crippen LogP contribution in [0.3, 0.4) is 0 Å². The summed E-state index contributed by atoms with van der Waals surface area (Å²) in [5.74, 6) is 0.349. The quantitative estimate of drug-likeness (QED) is 0.372. The Hall–Kier alpha value is -4.00. The van der Waals surface area contributed by atoms with E-state index in [0.717, 1.165) is 51.4 Å². The monoisotopic (exact) mass is 426 g/mol. The fourth-order valence-electron chi connectivity index (χ4n) is 3.85. The van der Waals surface area contributed by atoms with Gasteiger partial charge in [-0.25, -0.2) is 9.37 Å². The van der Waals surface area contributed by atoms with Crippen molar-refractivity contribution < 1.29 is 4.39 Å². The van der Waals surface area contributed by atoms with E-state index in [-0.39, 0.29) is 5.82 Å². The third-order valence-electron chi connectivity index (χ3n) is 5.41. The number of nitrogens with zero attached hydrogens (tertiary/aromatic N) is 4. The van der Waals surface area contributed by atoms with Gasteiger partial charge in [0.15, 0.2) is 0 Å². The number of hydrogen-bond donors (Lipinski definition) is 2. The molecule has 0 aliphatic carbocycles. The molecule has 0 amide bonds. The minimum absolute atomic E-state index is 0.255. The van der Waals surface area contributed by atoms with E-state index in [2.05, 4.69) is 45.5 Å². The number of rotatable bonds is 6. The normalized spacial score (nSPS) is 11.2. The average Bonchev–Trinajstić information content (AvgIpc) is 3.41. The van der Waals surface area contributed by atoms with Gasteiger partial charge in [0.1, 0.15) is 5.82 Å². The number of anilines is 1. The van der Waals surface area contributed by atoms with E-state index in [4.69, 9.17) is 4.98 Å². The van der Waals surface area contributed by atoms with E-state index < -0.39 is 0 Å². The molecule has 2 N–H and O–H groups in total. The first kappa shape index (κ1) is 19.9. The highest BCUT2D eigenvalue weighted by atomic mass is 19.1. The third kappa shape index (κ3) is 3.85. The molecule has 0 aliphatic heterocycles. The van der Waals surface area contributed by atoms with Crippen molar-refractivity contribution in [2.45, 2.75) is 26.9 Å². The van der Waals surface area contributed by atoms with Gasteiger partial charge in [-0.05, 0) is 55.8 Å². The smallest absolute Gasteiger partial charge is 0.201 e. The van der Waals surface area contributed by atoms with Gasteiger partial charge in [0.05, 0.1) is 28.8 Å². The first-order chi connectivity index (χ1) is 15.6. The first-order valence-electron chi connectivity index (χ1n) is 10.6. The number of fused-ring (bicyclic) bond motifs is 1. The molecule has 0 saturated carbocycles. The Kier molecular flexibility index (Phi) is 5.15. The van der Waals surface area contributed by atoms with Crippen LogP contribution in [0.15, 0.2) is 66.9 Å². The minimum Gasteiger partial charge on any atom is -0.352 e. The molecule has 2 aromatic carbocycles. The number of hydrogen-bond acceptors (Lipinski definition) is 4. The van der Waals surface area contributed by atoms with Gasteiger partial charge in [0.2, 0.25) is 5.95 Å². The predicted octanol–water partition coefficient (Wildman–Crippen LogP) is 5.57. The summed E-state index contributed by atoms with van der Waals surface area (Å²) in [4.78, 5) is 12.9. The SMILES string of the molecule is CCn1ncc2cc(-c3nc(NCc4cccc(F)c4)[nH]c3-c3cccc(C)n3)ccc21. The molecule has 5 rings (SSSR count). The molecular weight excluding hydrogens is 403 g/mol. The number of aryl methyl sites for hydroxylation is 2. The number of aromatic nitrogens is 5. The van der Waals surface area contributed by atoms with Crippen LogP contribution >= 0.6 is 0 Å². The molecular formula is C25H23FN6. The van der Waals surface area contributed by atoms with E-state index in [1.165, 1.54) is 12.1 Å². The van der Waals surface area contributed by atoms with Gasteiger partial charge in [-0.15, -0.1) is 0 Å². The first-order valence-corrected chi connectivity index (χ1v) is 10.6. The van der Waals surface area contributed by atoms with Gasteiger partial charge in [-0.3, -0.25) is 9.67 Å². The second kappa shape index (κ2) is 8.26. The Morgan fingerprint density at radius 2 is 1.91 bits per heavy atom. The summed E-state index contributed by atoms with van der Waals surface area (Å²) in [7, 11) is 0. The maximum Gasteiger partial charge on any atom is 0.201 e. The number of nitrogens with one attached hydrogen (secondary N) is 2. The lowest BCUT2D eigenvalue weighted by Gasteiger charge is -2.04. The van der Waals surface area contributed by atoms with Crippen LogP contribution in [0.1, 0.15) is 18.2 Å². The fraction of sp³-hybridized carbons (Fsp3) is 0.160. The van der Waals surface area contributed by atoms with Crippen LogP contribution in [0.25, 0.3) is 33.5 Å². The summed E-state index contributed by atoms with van der Waals surface area (Å²) < 4.78 is 15.5. The molecule has 0 saturated heterocycles. The van der Waals surface area contributed by atoms with Crippen molar-refractivity contribution in [2.24, 2.45) is 0 Å². The second-order valence-electron chi connectivity index (χ2n) is 7.69. The van der Waals surface area contributed by atoms with Crippen LogP contribution in [0.5, 0.6) is 0 Å². The van der Waals surface area contributed by atoms with Gasteiger partial charge < -0.3 is 10.3 Å². The van der Waals surface area contributed by atoms with Crippen molar-refractivity contribution in [3.05, 3.63) is 83.9 Å². The van der Waals surface area contributed by atoms with Crippen LogP contribution in [0.4, 0.5) is 10.3 Å². The van der Waals surface area contributed by atoms with Crippen LogP contribution < -0.4 is 5.32 Å². The molecule has 160 valence electrons. The average molecular weight is 426 g/mol. The number of imidazole rings is 1. The topological polar surface area (TPSA) is 71.4 Å². The minimum atomic E-state index is -0.255. The summed E-state index contributed by atoms with van der Waals surface area (Å²) >= 11 is 0. The molecule has 0 radical (unpaired) electrons. The molecule has 0 atom stereocenters. The van der Waals surface area contributed by atoms with Crippen LogP contribution in [-0.4, -0.2) is 24.7 Å². The van der Waals surface area contributed by atoms with E-state index in [9.17, 15) is 4.39 Å². The largest absolute Gasteiger partial charge is 0.352 e. The number of H-pyrrole nitrogens is 1. The highest BCUT2D eigenvalue weighted by Crippen LogP contribution is 2.32. The number of pyridine rings is 1. The van der Waals surface area contributed by atoms with Gasteiger partial charge in [0.25, 0.3) is 0 Å². The molecule has 0 aliphatic rings. The Labute approximate surface area is 185 Å². The lowest BCUT2D eigenvalue weighted by Crippen LogP contribution is -2.01. The Morgan fingerprint density at radius 3 is 2.72 bits per heavy atom.